The number of ketones is 1. The Morgan fingerprint density at radius 2 is 0.759 bits per heavy atom. The molecule has 9 heteroatoms. The first-order chi connectivity index (χ1) is 28.6. The van der Waals surface area contributed by atoms with Crippen molar-refractivity contribution in [2.24, 2.45) is 53.3 Å². The molecule has 17 unspecified atom stereocenters. The lowest BCUT2D eigenvalue weighted by molar-refractivity contribution is 0.0706. The van der Waals surface area contributed by atoms with Gasteiger partial charge in [0.15, 0.2) is 5.78 Å². The molecular formula is C49H64N8O. The predicted octanol–water partition coefficient (Wildman–Crippen LogP) is 6.61. The zero-order valence-electron chi connectivity index (χ0n) is 34.0. The maximum atomic E-state index is 15.4. The van der Waals surface area contributed by atoms with E-state index in [2.05, 4.69) is 97.1 Å². The normalized spacial score (nSPS) is 44.9. The van der Waals surface area contributed by atoms with Crippen LogP contribution in [-0.4, -0.2) is 55.1 Å². The lowest BCUT2D eigenvalue weighted by Gasteiger charge is -2.39. The van der Waals surface area contributed by atoms with Crippen molar-refractivity contribution in [1.29, 1.82) is 0 Å². The first-order valence-corrected chi connectivity index (χ1v) is 23.9. The van der Waals surface area contributed by atoms with Crippen molar-refractivity contribution in [1.82, 2.24) is 42.5 Å². The van der Waals surface area contributed by atoms with E-state index in [4.69, 9.17) is 0 Å². The standard InChI is InChI=1S/C49H64N8O/c58-41(29-24-22-27-20-19-25-9-7-10-26-21-23-28(29)39(27)38(25)26)36-17-8-18-37-40(36)49-56-47-35-16-6-5-15-34(35)45(54-47)52-43-31-12-2-1-11-30(31)42(50-43)51-44-32-13-3-4-14-33(32)46(53-44)55-48(37)57-49/h7,9-10,19-24,30-37,40,42-57H,1-6,8,11-18H2. The van der Waals surface area contributed by atoms with Crippen LogP contribution in [0.3, 0.4) is 0 Å². The molecule has 9 aliphatic rings. The quantitative estimate of drug-likeness (QED) is 0.0842. The zero-order valence-corrected chi connectivity index (χ0v) is 34.0. The molecular weight excluding hydrogens is 717 g/mol. The SMILES string of the molecule is O=C(c1ccc2ccc3cccc4ccc1c2c34)C1CCCC2C3NC4NC(NC5NC(NC6NC(NC(N3)C12)C1CCCCC61)C1CCCCC51)C1CCCCC41. The average Bonchev–Trinajstić information content (AvgIpc) is 4.01. The summed E-state index contributed by atoms with van der Waals surface area (Å²) in [7, 11) is 0. The van der Waals surface area contributed by atoms with Gasteiger partial charge < -0.3 is 0 Å². The van der Waals surface area contributed by atoms with E-state index in [0.717, 1.165) is 30.2 Å². The van der Waals surface area contributed by atoms with Gasteiger partial charge in [0, 0.05) is 17.4 Å². The Morgan fingerprint density at radius 1 is 0.379 bits per heavy atom. The Bertz CT molecular complexity index is 2180. The fraction of sp³-hybridized carbons (Fsp3) is 0.653. The summed E-state index contributed by atoms with van der Waals surface area (Å²) in [6, 6.07) is 19.9. The van der Waals surface area contributed by atoms with Crippen molar-refractivity contribution in [2.45, 2.75) is 146 Å². The number of benzene rings is 4. The summed E-state index contributed by atoms with van der Waals surface area (Å²) in [5.74, 6) is 4.71. The minimum atomic E-state index is -0.0369. The first-order valence-electron chi connectivity index (χ1n) is 23.9. The number of carbonyl (C=O) groups excluding carboxylic acids is 1. The van der Waals surface area contributed by atoms with E-state index in [1.54, 1.807) is 0 Å². The maximum Gasteiger partial charge on any atom is 0.166 e. The van der Waals surface area contributed by atoms with Gasteiger partial charge in [-0.15, -0.1) is 0 Å². The third kappa shape index (κ3) is 5.60. The molecule has 4 aliphatic carbocycles. The van der Waals surface area contributed by atoms with Crippen LogP contribution in [0, 0.1) is 53.3 Å². The molecule has 9 fully saturated rings. The van der Waals surface area contributed by atoms with Gasteiger partial charge >= 0.3 is 0 Å². The molecule has 8 N–H and O–H groups in total. The molecule has 0 spiro atoms. The molecule has 13 rings (SSSR count). The van der Waals surface area contributed by atoms with Crippen molar-refractivity contribution in [3.8, 4) is 0 Å². The van der Waals surface area contributed by atoms with Crippen LogP contribution in [0.2, 0.25) is 0 Å². The highest BCUT2D eigenvalue weighted by Crippen LogP contribution is 2.48. The fourth-order valence-electron chi connectivity index (χ4n) is 15.5. The van der Waals surface area contributed by atoms with Crippen LogP contribution in [0.1, 0.15) is 107 Å². The largest absolute Gasteiger partial charge is 0.294 e. The van der Waals surface area contributed by atoms with Crippen LogP contribution in [0.4, 0.5) is 0 Å². The summed E-state index contributed by atoms with van der Waals surface area (Å²) in [5, 5.41) is 41.5. The zero-order chi connectivity index (χ0) is 38.1. The molecule has 5 saturated heterocycles. The van der Waals surface area contributed by atoms with E-state index in [1.807, 2.05) is 0 Å². The summed E-state index contributed by atoms with van der Waals surface area (Å²) in [6.07, 6.45) is 21.0. The minimum Gasteiger partial charge on any atom is -0.294 e. The summed E-state index contributed by atoms with van der Waals surface area (Å²) in [6.45, 7) is 0. The third-order valence-corrected chi connectivity index (χ3v) is 18.0. The molecule has 8 bridgehead atoms. The Kier molecular flexibility index (Phi) is 8.79. The number of Topliss-reactive ketones (excluding diaryl/α,β-unsaturated/α-hetero) is 1. The second kappa shape index (κ2) is 14.2. The van der Waals surface area contributed by atoms with Crippen LogP contribution in [0.25, 0.3) is 32.3 Å². The number of fused-ring (bicyclic) bond motifs is 20. The van der Waals surface area contributed by atoms with E-state index in [-0.39, 0.29) is 36.5 Å². The molecule has 0 amide bonds. The highest BCUT2D eigenvalue weighted by atomic mass is 16.1. The molecule has 4 aromatic rings. The Labute approximate surface area is 343 Å². The highest BCUT2D eigenvalue weighted by Gasteiger charge is 2.56. The van der Waals surface area contributed by atoms with Gasteiger partial charge in [0.25, 0.3) is 0 Å². The second-order valence-electron chi connectivity index (χ2n) is 20.6. The van der Waals surface area contributed by atoms with E-state index in [1.165, 1.54) is 104 Å². The van der Waals surface area contributed by atoms with Gasteiger partial charge in [-0.1, -0.05) is 99.5 Å². The highest BCUT2D eigenvalue weighted by molar-refractivity contribution is 6.26. The van der Waals surface area contributed by atoms with Gasteiger partial charge in [0.1, 0.15) is 0 Å². The third-order valence-electron chi connectivity index (χ3n) is 18.0. The molecule has 0 radical (unpaired) electrons. The average molecular weight is 781 g/mol. The monoisotopic (exact) mass is 781 g/mol. The lowest BCUT2D eigenvalue weighted by Crippen LogP contribution is -2.62. The molecule has 5 heterocycles. The first kappa shape index (κ1) is 36.0. The molecule has 58 heavy (non-hydrogen) atoms. The van der Waals surface area contributed by atoms with Crippen molar-refractivity contribution in [3.63, 3.8) is 0 Å². The van der Waals surface area contributed by atoms with Gasteiger partial charge in [0.2, 0.25) is 0 Å². The molecule has 4 aromatic carbocycles. The summed E-state index contributed by atoms with van der Waals surface area (Å²) >= 11 is 0. The number of hydrogen-bond donors (Lipinski definition) is 8. The molecule has 5 aliphatic heterocycles. The van der Waals surface area contributed by atoms with Gasteiger partial charge in [-0.25, -0.2) is 0 Å². The summed E-state index contributed by atoms with van der Waals surface area (Å²) in [5.41, 5.74) is 0.917. The summed E-state index contributed by atoms with van der Waals surface area (Å²) < 4.78 is 0. The predicted molar refractivity (Wildman–Crippen MR) is 231 cm³/mol. The Morgan fingerprint density at radius 3 is 1.24 bits per heavy atom. The molecule has 0 aromatic heterocycles. The van der Waals surface area contributed by atoms with Crippen molar-refractivity contribution < 1.29 is 4.79 Å². The summed E-state index contributed by atoms with van der Waals surface area (Å²) in [4.78, 5) is 15.4. The van der Waals surface area contributed by atoms with Gasteiger partial charge in [-0.2, -0.15) is 0 Å². The molecule has 4 saturated carbocycles. The second-order valence-corrected chi connectivity index (χ2v) is 20.6. The Balaban J connectivity index is 0.878. The Hall–Kier alpha value is -2.73. The van der Waals surface area contributed by atoms with Crippen molar-refractivity contribution >= 4 is 38.1 Å². The fourth-order valence-corrected chi connectivity index (χ4v) is 15.5. The van der Waals surface area contributed by atoms with Crippen LogP contribution in [0.15, 0.2) is 54.6 Å². The van der Waals surface area contributed by atoms with Gasteiger partial charge in [0.05, 0.1) is 49.3 Å². The topological polar surface area (TPSA) is 113 Å². The lowest BCUT2D eigenvalue weighted by atomic mass is 9.68. The molecule has 306 valence electrons. The van der Waals surface area contributed by atoms with Gasteiger partial charge in [-0.05, 0) is 125 Å². The smallest absolute Gasteiger partial charge is 0.166 e. The number of nitrogens with one attached hydrogen (secondary N) is 8. The van der Waals surface area contributed by atoms with Crippen LogP contribution in [-0.2, 0) is 0 Å². The van der Waals surface area contributed by atoms with Crippen molar-refractivity contribution in [3.05, 3.63) is 60.2 Å². The van der Waals surface area contributed by atoms with E-state index in [0.29, 0.717) is 71.9 Å². The maximum absolute atomic E-state index is 15.4. The van der Waals surface area contributed by atoms with E-state index in [9.17, 15) is 0 Å². The van der Waals surface area contributed by atoms with Crippen molar-refractivity contribution in [2.75, 3.05) is 0 Å². The van der Waals surface area contributed by atoms with Crippen LogP contribution < -0.4 is 42.5 Å². The molecule has 9 nitrogen and oxygen atoms in total. The van der Waals surface area contributed by atoms with Crippen LogP contribution in [0.5, 0.6) is 0 Å². The number of rotatable bonds is 2. The van der Waals surface area contributed by atoms with E-state index < -0.39 is 0 Å². The van der Waals surface area contributed by atoms with Gasteiger partial charge in [-0.3, -0.25) is 47.3 Å². The van der Waals surface area contributed by atoms with Crippen LogP contribution >= 0.6 is 0 Å². The minimum absolute atomic E-state index is 0.0369. The number of hydrogen-bond acceptors (Lipinski definition) is 9. The number of carbonyl (C=O) groups is 1. The van der Waals surface area contributed by atoms with E-state index >= 15 is 4.79 Å². The molecule has 17 atom stereocenters.